The first-order chi connectivity index (χ1) is 21.8. The molecule has 2 aliphatic heterocycles. The summed E-state index contributed by atoms with van der Waals surface area (Å²) in [4.78, 5) is 32.6. The van der Waals surface area contributed by atoms with E-state index in [0.717, 1.165) is 37.2 Å². The van der Waals surface area contributed by atoms with Gasteiger partial charge >= 0.3 is 11.9 Å². The van der Waals surface area contributed by atoms with E-state index in [4.69, 9.17) is 28.4 Å². The fourth-order valence-corrected chi connectivity index (χ4v) is 7.72. The number of aromatic hydroxyl groups is 1. The molecule has 2 aromatic carbocycles. The van der Waals surface area contributed by atoms with Crippen molar-refractivity contribution < 1.29 is 43.1 Å². The quantitative estimate of drug-likeness (QED) is 0.278. The van der Waals surface area contributed by atoms with Crippen LogP contribution < -0.4 is 14.2 Å². The molecule has 3 aromatic rings. The van der Waals surface area contributed by atoms with Crippen LogP contribution in [0.4, 0.5) is 0 Å². The van der Waals surface area contributed by atoms with Crippen LogP contribution in [0.15, 0.2) is 36.4 Å². The normalized spacial score (nSPS) is 26.1. The van der Waals surface area contributed by atoms with Crippen molar-refractivity contribution >= 4 is 28.9 Å². The Hall–Kier alpha value is -4.22. The molecule has 1 aromatic heterocycles. The highest BCUT2D eigenvalue weighted by atomic mass is 16.6. The van der Waals surface area contributed by atoms with Crippen molar-refractivity contribution in [3.63, 3.8) is 0 Å². The molecule has 6 rings (SSSR count). The monoisotopic (exact) mass is 620 g/mol. The van der Waals surface area contributed by atoms with E-state index in [9.17, 15) is 14.7 Å². The second kappa shape index (κ2) is 12.6. The predicted octanol–water partition coefficient (Wildman–Crippen LogP) is 4.27. The lowest BCUT2D eigenvalue weighted by Gasteiger charge is -2.52. The van der Waals surface area contributed by atoms with Gasteiger partial charge in [0.1, 0.15) is 18.0 Å². The van der Waals surface area contributed by atoms with Crippen molar-refractivity contribution in [3.05, 3.63) is 53.2 Å². The largest absolute Gasteiger partial charge is 0.502 e. The van der Waals surface area contributed by atoms with Crippen LogP contribution in [0.25, 0.3) is 17.0 Å². The summed E-state index contributed by atoms with van der Waals surface area (Å²) in [5, 5.41) is 11.4. The van der Waals surface area contributed by atoms with Crippen LogP contribution in [0.3, 0.4) is 0 Å². The highest BCUT2D eigenvalue weighted by molar-refractivity contribution is 5.88. The average molecular weight is 621 g/mol. The molecule has 11 heteroatoms. The Morgan fingerprint density at radius 3 is 2.42 bits per heavy atom. The molecule has 6 atom stereocenters. The van der Waals surface area contributed by atoms with E-state index in [-0.39, 0.29) is 41.1 Å². The Balaban J connectivity index is 1.24. The Bertz CT molecular complexity index is 1590. The zero-order chi connectivity index (χ0) is 31.8. The van der Waals surface area contributed by atoms with Crippen LogP contribution in [0, 0.1) is 17.8 Å². The number of phenols is 1. The number of rotatable bonds is 8. The van der Waals surface area contributed by atoms with Crippen molar-refractivity contribution in [2.45, 2.75) is 37.5 Å². The number of fused-ring (bicyclic) bond motifs is 6. The molecule has 3 heterocycles. The van der Waals surface area contributed by atoms with Gasteiger partial charge in [-0.05, 0) is 72.6 Å². The van der Waals surface area contributed by atoms with Gasteiger partial charge in [0.2, 0.25) is 5.75 Å². The molecule has 0 radical (unpaired) electrons. The van der Waals surface area contributed by atoms with E-state index in [1.807, 2.05) is 12.1 Å². The molecule has 240 valence electrons. The Kier molecular flexibility index (Phi) is 8.65. The van der Waals surface area contributed by atoms with Crippen molar-refractivity contribution in [1.29, 1.82) is 0 Å². The summed E-state index contributed by atoms with van der Waals surface area (Å²) in [6.45, 7) is 1.68. The van der Waals surface area contributed by atoms with Gasteiger partial charge in [-0.25, -0.2) is 4.79 Å². The molecular formula is C34H40N2O9. The maximum Gasteiger partial charge on any atom is 0.331 e. The number of phenolic OH excluding ortho intramolecular Hbond substituents is 1. The van der Waals surface area contributed by atoms with Crippen molar-refractivity contribution in [2.75, 3.05) is 48.6 Å². The van der Waals surface area contributed by atoms with Gasteiger partial charge in [-0.3, -0.25) is 9.69 Å². The summed E-state index contributed by atoms with van der Waals surface area (Å²) in [5.74, 6) is -0.320. The summed E-state index contributed by atoms with van der Waals surface area (Å²) < 4.78 is 33.1. The first-order valence-electron chi connectivity index (χ1n) is 15.2. The Morgan fingerprint density at radius 1 is 1.00 bits per heavy atom. The second-order valence-corrected chi connectivity index (χ2v) is 11.9. The zero-order valence-corrected chi connectivity index (χ0v) is 26.2. The highest BCUT2D eigenvalue weighted by Crippen LogP contribution is 2.50. The van der Waals surface area contributed by atoms with E-state index in [1.54, 1.807) is 32.4 Å². The number of hydrogen-bond acceptors (Lipinski definition) is 10. The molecule has 0 spiro atoms. The summed E-state index contributed by atoms with van der Waals surface area (Å²) >= 11 is 0. The minimum atomic E-state index is -0.661. The molecule has 1 saturated carbocycles. The number of nitrogens with one attached hydrogen (secondary N) is 1. The molecule has 45 heavy (non-hydrogen) atoms. The van der Waals surface area contributed by atoms with Gasteiger partial charge in [-0.15, -0.1) is 0 Å². The smallest absolute Gasteiger partial charge is 0.331 e. The predicted molar refractivity (Wildman–Crippen MR) is 166 cm³/mol. The third-order valence-electron chi connectivity index (χ3n) is 9.78. The van der Waals surface area contributed by atoms with Crippen molar-refractivity contribution in [3.8, 4) is 23.0 Å². The van der Waals surface area contributed by atoms with Crippen LogP contribution in [0.5, 0.6) is 23.0 Å². The first kappa shape index (κ1) is 30.8. The fraction of sp³-hybridized carbons (Fsp3) is 0.471. The lowest BCUT2D eigenvalue weighted by Crippen LogP contribution is -2.58. The maximum absolute atomic E-state index is 13.4. The summed E-state index contributed by atoms with van der Waals surface area (Å²) in [6.07, 6.45) is 3.82. The van der Waals surface area contributed by atoms with Gasteiger partial charge in [0.05, 0.1) is 40.4 Å². The Labute approximate surface area is 262 Å². The highest BCUT2D eigenvalue weighted by Gasteiger charge is 2.54. The van der Waals surface area contributed by atoms with Crippen molar-refractivity contribution in [1.82, 2.24) is 9.88 Å². The second-order valence-electron chi connectivity index (χ2n) is 11.9. The topological polar surface area (TPSA) is 129 Å². The molecule has 11 nitrogen and oxygen atoms in total. The van der Waals surface area contributed by atoms with Crippen LogP contribution in [0.2, 0.25) is 0 Å². The zero-order valence-electron chi connectivity index (χ0n) is 26.2. The van der Waals surface area contributed by atoms with Gasteiger partial charge in [0, 0.05) is 48.9 Å². The summed E-state index contributed by atoms with van der Waals surface area (Å²) in [6, 6.07) is 9.44. The number of hydrogen-bond donors (Lipinski definition) is 2. The number of H-pyrrole nitrogens is 1. The molecule has 0 bridgehead atoms. The third kappa shape index (κ3) is 5.59. The fourth-order valence-electron chi connectivity index (χ4n) is 7.72. The van der Waals surface area contributed by atoms with Gasteiger partial charge in [-0.1, -0.05) is 0 Å². The number of nitrogens with zero attached hydrogens (tertiary/aromatic N) is 1. The molecular weight excluding hydrogens is 580 g/mol. The summed E-state index contributed by atoms with van der Waals surface area (Å²) in [7, 11) is 7.47. The number of carbonyl (C=O) groups is 2. The van der Waals surface area contributed by atoms with E-state index in [1.165, 1.54) is 44.0 Å². The molecule has 2 N–H and O–H groups in total. The maximum atomic E-state index is 13.4. The number of piperidine rings is 1. The first-order valence-corrected chi connectivity index (χ1v) is 15.2. The molecule has 2 fully saturated rings. The lowest BCUT2D eigenvalue weighted by atomic mass is 9.63. The van der Waals surface area contributed by atoms with E-state index in [0.29, 0.717) is 12.0 Å². The number of aromatic nitrogens is 1. The number of ether oxygens (including phenoxy) is 6. The lowest BCUT2D eigenvalue weighted by molar-refractivity contribution is -0.187. The molecule has 1 saturated heterocycles. The van der Waals surface area contributed by atoms with Crippen molar-refractivity contribution in [2.24, 2.45) is 17.8 Å². The van der Waals surface area contributed by atoms with Gasteiger partial charge in [0.15, 0.2) is 11.5 Å². The van der Waals surface area contributed by atoms with Crippen LogP contribution in [0.1, 0.15) is 35.7 Å². The van der Waals surface area contributed by atoms with Gasteiger partial charge in [0.25, 0.3) is 0 Å². The SMILES string of the molecule is COC(=O)[C@H]1[C@H]2C[C@@H]3c4[nH]c5cc(OC)ccc5c4CCN3C[C@H]2C[C@@H](OC(=O)C=Cc2cc(OC)c(O)c(OC)c2)[C@@H]1OC. The Morgan fingerprint density at radius 2 is 1.76 bits per heavy atom. The van der Waals surface area contributed by atoms with Crippen LogP contribution in [-0.2, 0) is 30.2 Å². The average Bonchev–Trinajstić information content (AvgIpc) is 3.44. The van der Waals surface area contributed by atoms with E-state index < -0.39 is 24.1 Å². The molecule has 0 amide bonds. The standard InChI is InChI=1S/C34H40N2O9/c1-40-20-7-8-21-22-10-11-36-17-19-14-28(45-29(37)9-6-18-12-26(41-2)32(38)27(13-18)42-3)33(43-4)30(34(39)44-5)23(19)16-25(36)31(22)35-24(21)15-20/h6-9,12-13,15,19,23,25,28,30,33,35,38H,10-11,14,16-17H2,1-5H3/t19-,23+,25-,28-,30+,33+/m1/s1. The van der Waals surface area contributed by atoms with Gasteiger partial charge in [-0.2, -0.15) is 0 Å². The molecule has 3 aliphatic rings. The van der Waals surface area contributed by atoms with Crippen LogP contribution in [-0.4, -0.2) is 87.8 Å². The number of benzene rings is 2. The minimum Gasteiger partial charge on any atom is -0.502 e. The third-order valence-corrected chi connectivity index (χ3v) is 9.78. The molecule has 1 aliphatic carbocycles. The number of aromatic amines is 1. The molecule has 0 unspecified atom stereocenters. The van der Waals surface area contributed by atoms with E-state index in [2.05, 4.69) is 16.0 Å². The summed E-state index contributed by atoms with van der Waals surface area (Å²) in [5.41, 5.74) is 4.15. The number of esters is 2. The minimum absolute atomic E-state index is 0.0158. The van der Waals surface area contributed by atoms with Crippen LogP contribution >= 0.6 is 0 Å². The number of methoxy groups -OCH3 is 5. The number of carbonyl (C=O) groups excluding carboxylic acids is 2. The van der Waals surface area contributed by atoms with Gasteiger partial charge < -0.3 is 38.5 Å². The van der Waals surface area contributed by atoms with E-state index >= 15 is 0 Å².